The molecule has 20 heavy (non-hydrogen) atoms. The molecule has 118 valence electrons. The molecule has 8 heteroatoms. The number of esters is 1. The first-order valence-electron chi connectivity index (χ1n) is 6.42. The predicted octanol–water partition coefficient (Wildman–Crippen LogP) is 2.16. The van der Waals surface area contributed by atoms with Crippen LogP contribution in [0.15, 0.2) is 0 Å². The Bertz CT molecular complexity index is 352. The van der Waals surface area contributed by atoms with Crippen LogP contribution < -0.4 is 5.32 Å². The molecule has 1 N–H and O–H groups in total. The van der Waals surface area contributed by atoms with Gasteiger partial charge in [-0.1, -0.05) is 0 Å². The number of hydrogen-bond donors (Lipinski definition) is 1. The molecule has 2 unspecified atom stereocenters. The summed E-state index contributed by atoms with van der Waals surface area (Å²) < 4.78 is 25.4. The van der Waals surface area contributed by atoms with Crippen LogP contribution in [0.1, 0.15) is 34.1 Å². The zero-order valence-electron chi connectivity index (χ0n) is 12.6. The smallest absolute Gasteiger partial charge is 0.410 e. The molecule has 0 saturated carbocycles. The van der Waals surface area contributed by atoms with Gasteiger partial charge in [-0.15, -0.1) is 0 Å². The van der Waals surface area contributed by atoms with Crippen molar-refractivity contribution in [1.82, 2.24) is 5.32 Å². The third-order valence-corrected chi connectivity index (χ3v) is 2.66. The minimum Gasteiger partial charge on any atom is -0.425 e. The Balaban J connectivity index is 3.80. The van der Waals surface area contributed by atoms with E-state index in [1.807, 2.05) is 0 Å². The molecule has 0 radical (unpaired) electrons. The van der Waals surface area contributed by atoms with Crippen LogP contribution in [0, 0.1) is 5.41 Å². The molecule has 0 rings (SSSR count). The maximum absolute atomic E-state index is 11.5. The highest BCUT2D eigenvalue weighted by Crippen LogP contribution is 2.16. The second-order valence-electron chi connectivity index (χ2n) is 5.25. The molecule has 0 aromatic rings. The summed E-state index contributed by atoms with van der Waals surface area (Å²) in [6, 6.07) is 0. The van der Waals surface area contributed by atoms with Gasteiger partial charge < -0.3 is 19.3 Å². The van der Waals surface area contributed by atoms with Gasteiger partial charge in [0.2, 0.25) is 6.29 Å². The predicted molar refractivity (Wildman–Crippen MR) is 75.0 cm³/mol. The second kappa shape index (κ2) is 8.97. The molecule has 1 amide bonds. The minimum absolute atomic E-state index is 0.309. The second-order valence-corrected chi connectivity index (χ2v) is 6.52. The maximum Gasteiger partial charge on any atom is 0.410 e. The van der Waals surface area contributed by atoms with Crippen LogP contribution in [0.2, 0.25) is 0 Å². The third-order valence-electron chi connectivity index (χ3n) is 2.05. The molecule has 0 spiro atoms. The fourth-order valence-electron chi connectivity index (χ4n) is 1.02. The van der Waals surface area contributed by atoms with Crippen LogP contribution in [0.4, 0.5) is 4.79 Å². The molecule has 7 nitrogen and oxygen atoms in total. The van der Waals surface area contributed by atoms with Gasteiger partial charge in [0.05, 0.1) is 12.0 Å². The molecule has 0 fully saturated rings. The van der Waals surface area contributed by atoms with Crippen LogP contribution >= 0.6 is 8.03 Å². The zero-order valence-corrected chi connectivity index (χ0v) is 13.6. The van der Waals surface area contributed by atoms with Gasteiger partial charge in [0.25, 0.3) is 0 Å². The fraction of sp³-hybridized carbons (Fsp3) is 0.833. The summed E-state index contributed by atoms with van der Waals surface area (Å²) >= 11 is 0. The lowest BCUT2D eigenvalue weighted by Gasteiger charge is -2.20. The largest absolute Gasteiger partial charge is 0.425 e. The summed E-state index contributed by atoms with van der Waals surface area (Å²) in [6.45, 7) is 8.73. The van der Waals surface area contributed by atoms with Gasteiger partial charge in [-0.05, 0) is 27.2 Å². The van der Waals surface area contributed by atoms with E-state index in [1.165, 1.54) is 13.6 Å². The van der Waals surface area contributed by atoms with Crippen LogP contribution in [-0.2, 0) is 23.4 Å². The Labute approximate surface area is 120 Å². The molecule has 0 aliphatic carbocycles. The number of amides is 1. The van der Waals surface area contributed by atoms with Crippen molar-refractivity contribution >= 4 is 20.1 Å². The number of rotatable bonds is 7. The van der Waals surface area contributed by atoms with Gasteiger partial charge in [0.1, 0.15) is 0 Å². The van der Waals surface area contributed by atoms with E-state index in [4.69, 9.17) is 14.0 Å². The lowest BCUT2D eigenvalue weighted by atomic mass is 9.97. The molecule has 0 saturated heterocycles. The van der Waals surface area contributed by atoms with E-state index in [-0.39, 0.29) is 0 Å². The van der Waals surface area contributed by atoms with Crippen molar-refractivity contribution in [2.75, 3.05) is 19.8 Å². The molecular formula is C12H24NO6P. The molecule has 0 aliphatic heterocycles. The molecule has 0 bridgehead atoms. The Morgan fingerprint density at radius 3 is 2.35 bits per heavy atom. The van der Waals surface area contributed by atoms with Gasteiger partial charge in [-0.3, -0.25) is 9.36 Å². The van der Waals surface area contributed by atoms with Crippen molar-refractivity contribution < 1.29 is 28.2 Å². The van der Waals surface area contributed by atoms with Crippen LogP contribution in [-0.4, -0.2) is 38.2 Å². The van der Waals surface area contributed by atoms with E-state index in [9.17, 15) is 14.2 Å². The quantitative estimate of drug-likeness (QED) is 0.335. The van der Waals surface area contributed by atoms with Crippen molar-refractivity contribution in [1.29, 1.82) is 0 Å². The number of carbonyl (C=O) groups excluding carboxylic acids is 2. The monoisotopic (exact) mass is 309 g/mol. The Morgan fingerprint density at radius 1 is 1.25 bits per heavy atom. The van der Waals surface area contributed by atoms with E-state index in [1.54, 1.807) is 20.8 Å². The summed E-state index contributed by atoms with van der Waals surface area (Å²) in [7, 11) is -1.93. The topological polar surface area (TPSA) is 90.9 Å². The van der Waals surface area contributed by atoms with E-state index >= 15 is 0 Å². The summed E-state index contributed by atoms with van der Waals surface area (Å²) in [4.78, 5) is 22.9. The number of carbonyl (C=O) groups is 2. The lowest BCUT2D eigenvalue weighted by Crippen LogP contribution is -2.33. The van der Waals surface area contributed by atoms with E-state index in [2.05, 4.69) is 5.32 Å². The summed E-state index contributed by atoms with van der Waals surface area (Å²) in [5, 5.41) is 2.48. The van der Waals surface area contributed by atoms with E-state index in [0.29, 0.717) is 19.6 Å². The molecule has 0 heterocycles. The van der Waals surface area contributed by atoms with Gasteiger partial charge in [0, 0.05) is 20.1 Å². The highest BCUT2D eigenvalue weighted by molar-refractivity contribution is 7.38. The SMILES string of the molecule is CC(OC(=O)NCCCO[PH](C)=O)OC(=O)C(C)(C)C. The Kier molecular flexibility index (Phi) is 8.49. The first-order valence-corrected chi connectivity index (χ1v) is 8.23. The zero-order chi connectivity index (χ0) is 15.8. The molecule has 0 aliphatic rings. The number of nitrogens with one attached hydrogen (secondary N) is 1. The third kappa shape index (κ3) is 9.81. The van der Waals surface area contributed by atoms with Gasteiger partial charge in [0.15, 0.2) is 8.03 Å². The maximum atomic E-state index is 11.5. The van der Waals surface area contributed by atoms with Crippen molar-refractivity contribution in [3.8, 4) is 0 Å². The number of hydrogen-bond acceptors (Lipinski definition) is 6. The van der Waals surface area contributed by atoms with Gasteiger partial charge in [-0.25, -0.2) is 4.79 Å². The van der Waals surface area contributed by atoms with Crippen molar-refractivity contribution in [3.05, 3.63) is 0 Å². The first-order chi connectivity index (χ1) is 9.12. The standard InChI is InChI=1S/C12H24NO6P/c1-9(18-10(14)12(2,3)4)19-11(15)13-7-6-8-17-20(5)16/h9,20H,6-8H2,1-5H3,(H,13,15). The first kappa shape index (κ1) is 18.9. The molecule has 0 aromatic heterocycles. The van der Waals surface area contributed by atoms with Crippen molar-refractivity contribution in [2.24, 2.45) is 5.41 Å². The van der Waals surface area contributed by atoms with Crippen LogP contribution in [0.3, 0.4) is 0 Å². The van der Waals surface area contributed by atoms with E-state index < -0.39 is 31.8 Å². The Hall–Kier alpha value is -1.07. The van der Waals surface area contributed by atoms with Crippen molar-refractivity contribution in [2.45, 2.75) is 40.4 Å². The fourth-order valence-corrected chi connectivity index (χ4v) is 1.45. The summed E-state index contributed by atoms with van der Waals surface area (Å²) in [5.41, 5.74) is -0.649. The number of alkyl carbamates (subject to hydrolysis) is 1. The van der Waals surface area contributed by atoms with E-state index in [0.717, 1.165) is 0 Å². The summed E-state index contributed by atoms with van der Waals surface area (Å²) in [5.74, 6) is -0.445. The van der Waals surface area contributed by atoms with Gasteiger partial charge >= 0.3 is 12.1 Å². The highest BCUT2D eigenvalue weighted by Gasteiger charge is 2.26. The minimum atomic E-state index is -1.93. The molecule has 0 aromatic carbocycles. The average Bonchev–Trinajstić information content (AvgIpc) is 2.26. The molecular weight excluding hydrogens is 285 g/mol. The van der Waals surface area contributed by atoms with Crippen LogP contribution in [0.5, 0.6) is 0 Å². The van der Waals surface area contributed by atoms with Crippen LogP contribution in [0.25, 0.3) is 0 Å². The Morgan fingerprint density at radius 2 is 1.85 bits per heavy atom. The lowest BCUT2D eigenvalue weighted by molar-refractivity contribution is -0.174. The van der Waals surface area contributed by atoms with Crippen molar-refractivity contribution in [3.63, 3.8) is 0 Å². The highest BCUT2D eigenvalue weighted by atomic mass is 31.1. The number of ether oxygens (including phenoxy) is 2. The average molecular weight is 309 g/mol. The van der Waals surface area contributed by atoms with Gasteiger partial charge in [-0.2, -0.15) is 0 Å². The molecule has 2 atom stereocenters. The normalized spacial score (nSPS) is 14.2. The summed E-state index contributed by atoms with van der Waals surface area (Å²) in [6.07, 6.45) is -1.11.